The second-order valence-corrected chi connectivity index (χ2v) is 1.86. The minimum absolute atomic E-state index is 0.220. The quantitative estimate of drug-likeness (QED) is 0.629. The molecule has 0 atom stereocenters. The van der Waals surface area contributed by atoms with Crippen LogP contribution in [0, 0.1) is 0 Å². The molecule has 0 aliphatic rings. The predicted molar refractivity (Wildman–Crippen MR) is 42.8 cm³/mol. The molecule has 0 N–H and O–H groups in total. The minimum atomic E-state index is -1.13. The molecule has 0 bridgehead atoms. The normalized spacial score (nSPS) is 7.75. The van der Waals surface area contributed by atoms with E-state index < -0.39 is 5.97 Å². The molecular weight excluding hydrogens is 156 g/mol. The molecule has 0 aromatic heterocycles. The Morgan fingerprint density at radius 1 is 1.25 bits per heavy atom. The molecule has 1 rings (SSSR count). The third-order valence-electron chi connectivity index (χ3n) is 1.01. The van der Waals surface area contributed by atoms with Crippen molar-refractivity contribution < 1.29 is 14.7 Å². The van der Waals surface area contributed by atoms with Crippen molar-refractivity contribution in [3.8, 4) is 0 Å². The van der Waals surface area contributed by atoms with Gasteiger partial charge in [-0.25, -0.2) is 9.90 Å². The van der Waals surface area contributed by atoms with E-state index in [0.717, 1.165) is 0 Å². The van der Waals surface area contributed by atoms with Crippen LogP contribution in [0.3, 0.4) is 0 Å². The molecule has 0 aliphatic carbocycles. The van der Waals surface area contributed by atoms with E-state index in [0.29, 0.717) is 0 Å². The lowest BCUT2D eigenvalue weighted by atomic mass is 10.2. The van der Waals surface area contributed by atoms with Crippen molar-refractivity contribution >= 4 is 12.3 Å². The molecule has 1 aromatic carbocycles. The minimum Gasteiger partial charge on any atom is -0.291 e. The van der Waals surface area contributed by atoms with Gasteiger partial charge >= 0.3 is 5.97 Å². The van der Waals surface area contributed by atoms with Crippen LogP contribution >= 0.6 is 0 Å². The number of carbonyl (C=O) groups is 1. The molecule has 0 spiro atoms. The van der Waals surface area contributed by atoms with Crippen molar-refractivity contribution in [1.29, 1.82) is 0 Å². The molecule has 2 radical (unpaired) electrons. The van der Waals surface area contributed by atoms with Crippen molar-refractivity contribution in [2.24, 2.45) is 0 Å². The Bertz CT molecular complexity index is 241. The van der Waals surface area contributed by atoms with Gasteiger partial charge in [0.2, 0.25) is 0 Å². The molecular formula is C9H8O3. The molecule has 0 unspecified atom stereocenters. The zero-order chi connectivity index (χ0) is 9.40. The second kappa shape index (κ2) is 6.09. The van der Waals surface area contributed by atoms with Crippen LogP contribution in [-0.2, 0) is 9.90 Å². The molecule has 12 heavy (non-hydrogen) atoms. The Morgan fingerprint density at radius 2 is 1.67 bits per heavy atom. The lowest BCUT2D eigenvalue weighted by Crippen LogP contribution is -1.91. The summed E-state index contributed by atoms with van der Waals surface area (Å²) in [5.41, 5.74) is 0.220. The van der Waals surface area contributed by atoms with E-state index in [1.807, 2.05) is 0 Å². The SMILES string of the molecule is C[C]=O.[O]C(=O)c1ccccc1. The number of carbonyl (C=O) groups excluding carboxylic acids is 2. The smallest absolute Gasteiger partial charge is 0.291 e. The van der Waals surface area contributed by atoms with Crippen molar-refractivity contribution in [3.05, 3.63) is 35.9 Å². The van der Waals surface area contributed by atoms with Gasteiger partial charge in [-0.2, -0.15) is 0 Å². The third kappa shape index (κ3) is 4.22. The first kappa shape index (κ1) is 10.4. The molecule has 0 fully saturated rings. The van der Waals surface area contributed by atoms with E-state index in [-0.39, 0.29) is 5.56 Å². The fourth-order valence-electron chi connectivity index (χ4n) is 0.574. The largest absolute Gasteiger partial charge is 0.386 e. The summed E-state index contributed by atoms with van der Waals surface area (Å²) < 4.78 is 0. The van der Waals surface area contributed by atoms with Gasteiger partial charge in [0.05, 0.1) is 5.56 Å². The Kier molecular flexibility index (Phi) is 5.26. The summed E-state index contributed by atoms with van der Waals surface area (Å²) in [6.07, 6.45) is 1.50. The number of rotatable bonds is 1. The molecule has 3 heteroatoms. The highest BCUT2D eigenvalue weighted by molar-refractivity contribution is 5.86. The van der Waals surface area contributed by atoms with E-state index in [2.05, 4.69) is 0 Å². The van der Waals surface area contributed by atoms with Crippen LogP contribution in [0.4, 0.5) is 0 Å². The first-order valence-corrected chi connectivity index (χ1v) is 3.27. The van der Waals surface area contributed by atoms with Gasteiger partial charge in [0, 0.05) is 6.92 Å². The Morgan fingerprint density at radius 3 is 1.92 bits per heavy atom. The Labute approximate surface area is 70.6 Å². The van der Waals surface area contributed by atoms with Gasteiger partial charge in [-0.05, 0) is 12.1 Å². The van der Waals surface area contributed by atoms with Crippen molar-refractivity contribution in [2.75, 3.05) is 0 Å². The molecule has 0 amide bonds. The maximum absolute atomic E-state index is 10.1. The highest BCUT2D eigenvalue weighted by Crippen LogP contribution is 1.96. The van der Waals surface area contributed by atoms with Gasteiger partial charge < -0.3 is 0 Å². The van der Waals surface area contributed by atoms with Crippen LogP contribution in [-0.4, -0.2) is 12.3 Å². The van der Waals surface area contributed by atoms with Crippen LogP contribution in [0.2, 0.25) is 0 Å². The molecule has 1 aromatic rings. The fourth-order valence-corrected chi connectivity index (χ4v) is 0.574. The van der Waals surface area contributed by atoms with Crippen molar-refractivity contribution in [3.63, 3.8) is 0 Å². The van der Waals surface area contributed by atoms with Gasteiger partial charge in [-0.3, -0.25) is 4.79 Å². The summed E-state index contributed by atoms with van der Waals surface area (Å²) >= 11 is 0. The van der Waals surface area contributed by atoms with E-state index >= 15 is 0 Å². The fraction of sp³-hybridized carbons (Fsp3) is 0.111. The van der Waals surface area contributed by atoms with Gasteiger partial charge in [0.1, 0.15) is 0 Å². The van der Waals surface area contributed by atoms with E-state index in [4.69, 9.17) is 4.79 Å². The first-order valence-electron chi connectivity index (χ1n) is 3.27. The number of benzene rings is 1. The summed E-state index contributed by atoms with van der Waals surface area (Å²) in [6.45, 7) is 1.32. The van der Waals surface area contributed by atoms with Crippen LogP contribution < -0.4 is 0 Å². The van der Waals surface area contributed by atoms with E-state index in [9.17, 15) is 9.90 Å². The van der Waals surface area contributed by atoms with Gasteiger partial charge in [0.25, 0.3) is 0 Å². The summed E-state index contributed by atoms with van der Waals surface area (Å²) in [5.74, 6) is -1.13. The number of hydrogen-bond donors (Lipinski definition) is 0. The van der Waals surface area contributed by atoms with Crippen LogP contribution in [0.25, 0.3) is 0 Å². The van der Waals surface area contributed by atoms with Gasteiger partial charge in [-0.1, -0.05) is 18.2 Å². The average molecular weight is 164 g/mol. The molecule has 0 saturated carbocycles. The topological polar surface area (TPSA) is 54.0 Å². The summed E-state index contributed by atoms with van der Waals surface area (Å²) in [5, 5.41) is 10.1. The summed E-state index contributed by atoms with van der Waals surface area (Å²) in [4.78, 5) is 18.8. The van der Waals surface area contributed by atoms with Crippen LogP contribution in [0.1, 0.15) is 17.3 Å². The van der Waals surface area contributed by atoms with Crippen molar-refractivity contribution in [2.45, 2.75) is 6.92 Å². The molecule has 0 heterocycles. The monoisotopic (exact) mass is 164 g/mol. The highest BCUT2D eigenvalue weighted by atomic mass is 16.4. The second-order valence-electron chi connectivity index (χ2n) is 1.86. The van der Waals surface area contributed by atoms with E-state index in [1.165, 1.54) is 25.3 Å². The van der Waals surface area contributed by atoms with Gasteiger partial charge in [0.15, 0.2) is 6.29 Å². The average Bonchev–Trinajstić information content (AvgIpc) is 2.07. The van der Waals surface area contributed by atoms with Gasteiger partial charge in [-0.15, -0.1) is 0 Å². The zero-order valence-corrected chi connectivity index (χ0v) is 6.61. The van der Waals surface area contributed by atoms with Crippen LogP contribution in [0.15, 0.2) is 30.3 Å². The Balaban J connectivity index is 0.000000354. The molecule has 3 nitrogen and oxygen atoms in total. The van der Waals surface area contributed by atoms with E-state index in [1.54, 1.807) is 18.2 Å². The first-order chi connectivity index (χ1) is 5.72. The maximum Gasteiger partial charge on any atom is 0.386 e. The lowest BCUT2D eigenvalue weighted by molar-refractivity contribution is 0.0573. The summed E-state index contributed by atoms with van der Waals surface area (Å²) in [7, 11) is 0. The molecule has 0 aliphatic heterocycles. The third-order valence-corrected chi connectivity index (χ3v) is 1.01. The predicted octanol–water partition coefficient (Wildman–Crippen LogP) is 1.37. The standard InChI is InChI=1S/C7H5O2.C2H3O/c8-7(9)6-4-2-1-3-5-6;1-2-3/h1-5H;1H3. The highest BCUT2D eigenvalue weighted by Gasteiger charge is 1.99. The maximum atomic E-state index is 10.1. The molecule has 0 saturated heterocycles. The lowest BCUT2D eigenvalue weighted by Gasteiger charge is -1.85. The van der Waals surface area contributed by atoms with Crippen LogP contribution in [0.5, 0.6) is 0 Å². The Hall–Kier alpha value is -1.64. The molecule has 62 valence electrons. The number of hydrogen-bond acceptors (Lipinski definition) is 2. The van der Waals surface area contributed by atoms with Crippen molar-refractivity contribution in [1.82, 2.24) is 0 Å². The zero-order valence-electron chi connectivity index (χ0n) is 6.61. The summed E-state index contributed by atoms with van der Waals surface area (Å²) in [6, 6.07) is 8.06.